The van der Waals surface area contributed by atoms with Gasteiger partial charge in [0.15, 0.2) is 0 Å². The van der Waals surface area contributed by atoms with Crippen molar-refractivity contribution in [2.75, 3.05) is 13.1 Å². The summed E-state index contributed by atoms with van der Waals surface area (Å²) in [5.74, 6) is 0. The summed E-state index contributed by atoms with van der Waals surface area (Å²) < 4.78 is 0. The van der Waals surface area contributed by atoms with E-state index in [0.29, 0.717) is 13.1 Å². The number of hydrogen-bond donors (Lipinski definition) is 2. The highest BCUT2D eigenvalue weighted by molar-refractivity contribution is 5.74. The predicted molar refractivity (Wildman–Crippen MR) is 68.9 cm³/mol. The van der Waals surface area contributed by atoms with Gasteiger partial charge in [0.2, 0.25) is 0 Å². The third-order valence-corrected chi connectivity index (χ3v) is 2.37. The fourth-order valence-electron chi connectivity index (χ4n) is 1.39. The lowest BCUT2D eigenvalue weighted by Gasteiger charge is -2.08. The highest BCUT2D eigenvalue weighted by atomic mass is 16.2. The Bertz CT molecular complexity index is 401. The summed E-state index contributed by atoms with van der Waals surface area (Å²) in [5.41, 5.74) is 3.29. The topological polar surface area (TPSA) is 54.0 Å². The van der Waals surface area contributed by atoms with E-state index in [1.165, 1.54) is 5.56 Å². The Hall–Kier alpha value is -1.84. The number of nitrogens with one attached hydrogen (secondary N) is 2. The highest BCUT2D eigenvalue weighted by Gasteiger charge is 2.00. The maximum absolute atomic E-state index is 11.3. The number of hydrogen-bond acceptors (Lipinski definition) is 2. The number of pyridine rings is 1. The average molecular weight is 233 g/mol. The second-order valence-corrected chi connectivity index (χ2v) is 4.12. The van der Waals surface area contributed by atoms with Crippen molar-refractivity contribution in [1.82, 2.24) is 15.6 Å². The molecule has 1 rings (SSSR count). The van der Waals surface area contributed by atoms with Crippen LogP contribution in [0, 0.1) is 6.92 Å². The number of amides is 2. The van der Waals surface area contributed by atoms with Crippen molar-refractivity contribution in [3.8, 4) is 0 Å². The quantitative estimate of drug-likeness (QED) is 0.762. The van der Waals surface area contributed by atoms with E-state index in [4.69, 9.17) is 0 Å². The molecule has 0 spiro atoms. The molecule has 0 atom stereocenters. The Balaban J connectivity index is 2.26. The van der Waals surface area contributed by atoms with Crippen molar-refractivity contribution in [3.05, 3.63) is 41.7 Å². The Morgan fingerprint density at radius 3 is 2.88 bits per heavy atom. The van der Waals surface area contributed by atoms with Crippen LogP contribution in [0.15, 0.2) is 30.6 Å². The molecule has 2 N–H and O–H groups in total. The predicted octanol–water partition coefficient (Wildman–Crippen LogP) is 1.81. The maximum Gasteiger partial charge on any atom is 0.315 e. The Morgan fingerprint density at radius 2 is 2.24 bits per heavy atom. The summed E-state index contributed by atoms with van der Waals surface area (Å²) in [6.45, 7) is 8.74. The molecule has 1 aromatic rings. The maximum atomic E-state index is 11.3. The zero-order valence-corrected chi connectivity index (χ0v) is 10.4. The fraction of sp³-hybridized carbons (Fsp3) is 0.385. The minimum atomic E-state index is -0.153. The molecule has 1 heterocycles. The molecule has 0 saturated carbocycles. The number of rotatable bonds is 5. The smallest absolute Gasteiger partial charge is 0.315 e. The normalized spacial score (nSPS) is 9.76. The molecule has 2 amide bonds. The third kappa shape index (κ3) is 5.15. The van der Waals surface area contributed by atoms with Gasteiger partial charge < -0.3 is 10.6 Å². The van der Waals surface area contributed by atoms with E-state index in [0.717, 1.165) is 17.6 Å². The van der Waals surface area contributed by atoms with E-state index in [-0.39, 0.29) is 6.03 Å². The summed E-state index contributed by atoms with van der Waals surface area (Å²) >= 11 is 0. The summed E-state index contributed by atoms with van der Waals surface area (Å²) in [7, 11) is 0. The minimum absolute atomic E-state index is 0.153. The van der Waals surface area contributed by atoms with Gasteiger partial charge in [-0.2, -0.15) is 0 Å². The number of carbonyl (C=O) groups is 1. The molecule has 4 nitrogen and oxygen atoms in total. The zero-order valence-electron chi connectivity index (χ0n) is 10.4. The van der Waals surface area contributed by atoms with Gasteiger partial charge in [0.05, 0.1) is 0 Å². The molecule has 0 aliphatic carbocycles. The zero-order chi connectivity index (χ0) is 12.7. The molecule has 1 aromatic heterocycles. The summed E-state index contributed by atoms with van der Waals surface area (Å²) in [5, 5.41) is 5.52. The van der Waals surface area contributed by atoms with E-state index >= 15 is 0 Å². The number of aryl methyl sites for hydroxylation is 1. The molecule has 0 aliphatic heterocycles. The summed E-state index contributed by atoms with van der Waals surface area (Å²) in [6, 6.07) is 1.82. The monoisotopic (exact) mass is 233 g/mol. The van der Waals surface area contributed by atoms with Crippen LogP contribution < -0.4 is 10.6 Å². The molecule has 0 aromatic carbocycles. The molecule has 92 valence electrons. The molecular weight excluding hydrogens is 214 g/mol. The van der Waals surface area contributed by atoms with E-state index in [2.05, 4.69) is 22.2 Å². The average Bonchev–Trinajstić information content (AvgIpc) is 2.29. The van der Waals surface area contributed by atoms with Gasteiger partial charge in [-0.3, -0.25) is 4.98 Å². The van der Waals surface area contributed by atoms with Crippen molar-refractivity contribution in [2.24, 2.45) is 0 Å². The van der Waals surface area contributed by atoms with E-state index in [1.54, 1.807) is 6.20 Å². The molecular formula is C13H19N3O. The standard InChI is InChI=1S/C13H19N3O/c1-10(2)8-16-13(17)15-7-5-12-4-6-14-9-11(12)3/h4,6,9H,1,5,7-8H2,2-3H3,(H2,15,16,17). The molecule has 0 unspecified atom stereocenters. The van der Waals surface area contributed by atoms with Crippen LogP contribution in [0.4, 0.5) is 4.79 Å². The van der Waals surface area contributed by atoms with Gasteiger partial charge in [0.1, 0.15) is 0 Å². The first kappa shape index (κ1) is 13.2. The van der Waals surface area contributed by atoms with Crippen LogP contribution in [0.5, 0.6) is 0 Å². The Labute approximate surface area is 102 Å². The van der Waals surface area contributed by atoms with Crippen molar-refractivity contribution < 1.29 is 4.79 Å². The molecule has 4 heteroatoms. The molecule has 0 saturated heterocycles. The van der Waals surface area contributed by atoms with Crippen LogP contribution in [0.3, 0.4) is 0 Å². The van der Waals surface area contributed by atoms with E-state index < -0.39 is 0 Å². The number of aromatic nitrogens is 1. The molecule has 17 heavy (non-hydrogen) atoms. The second-order valence-electron chi connectivity index (χ2n) is 4.12. The second kappa shape index (κ2) is 6.68. The lowest BCUT2D eigenvalue weighted by atomic mass is 10.1. The first-order valence-electron chi connectivity index (χ1n) is 5.65. The van der Waals surface area contributed by atoms with Crippen molar-refractivity contribution in [1.29, 1.82) is 0 Å². The highest BCUT2D eigenvalue weighted by Crippen LogP contribution is 2.04. The largest absolute Gasteiger partial charge is 0.338 e. The van der Waals surface area contributed by atoms with Crippen LogP contribution >= 0.6 is 0 Å². The van der Waals surface area contributed by atoms with Gasteiger partial charge in [-0.1, -0.05) is 12.2 Å². The van der Waals surface area contributed by atoms with Crippen LogP contribution in [0.1, 0.15) is 18.1 Å². The summed E-state index contributed by atoms with van der Waals surface area (Å²) in [4.78, 5) is 15.4. The van der Waals surface area contributed by atoms with Crippen molar-refractivity contribution in [2.45, 2.75) is 20.3 Å². The lowest BCUT2D eigenvalue weighted by Crippen LogP contribution is -2.37. The number of urea groups is 1. The van der Waals surface area contributed by atoms with Crippen LogP contribution in [-0.4, -0.2) is 24.1 Å². The third-order valence-electron chi connectivity index (χ3n) is 2.37. The van der Waals surface area contributed by atoms with Gasteiger partial charge in [0, 0.05) is 25.5 Å². The first-order chi connectivity index (χ1) is 8.09. The van der Waals surface area contributed by atoms with Gasteiger partial charge >= 0.3 is 6.03 Å². The first-order valence-corrected chi connectivity index (χ1v) is 5.65. The van der Waals surface area contributed by atoms with Crippen LogP contribution in [-0.2, 0) is 6.42 Å². The Kier molecular flexibility index (Phi) is 5.20. The van der Waals surface area contributed by atoms with Gasteiger partial charge in [-0.15, -0.1) is 0 Å². The van der Waals surface area contributed by atoms with E-state index in [9.17, 15) is 4.79 Å². The number of carbonyl (C=O) groups excluding carboxylic acids is 1. The number of nitrogens with zero attached hydrogens (tertiary/aromatic N) is 1. The fourth-order valence-corrected chi connectivity index (χ4v) is 1.39. The van der Waals surface area contributed by atoms with Gasteiger partial charge in [-0.25, -0.2) is 4.79 Å². The minimum Gasteiger partial charge on any atom is -0.338 e. The lowest BCUT2D eigenvalue weighted by molar-refractivity contribution is 0.242. The van der Waals surface area contributed by atoms with Gasteiger partial charge in [-0.05, 0) is 37.5 Å². The van der Waals surface area contributed by atoms with Gasteiger partial charge in [0.25, 0.3) is 0 Å². The van der Waals surface area contributed by atoms with Crippen LogP contribution in [0.25, 0.3) is 0 Å². The van der Waals surface area contributed by atoms with Crippen LogP contribution in [0.2, 0.25) is 0 Å². The molecule has 0 radical (unpaired) electrons. The van der Waals surface area contributed by atoms with E-state index in [1.807, 2.05) is 26.1 Å². The van der Waals surface area contributed by atoms with Crippen molar-refractivity contribution in [3.63, 3.8) is 0 Å². The molecule has 0 fully saturated rings. The molecule has 0 aliphatic rings. The SMILES string of the molecule is C=C(C)CNC(=O)NCCc1ccncc1C. The molecule has 0 bridgehead atoms. The Morgan fingerprint density at radius 1 is 1.47 bits per heavy atom. The van der Waals surface area contributed by atoms with Crippen molar-refractivity contribution >= 4 is 6.03 Å². The summed E-state index contributed by atoms with van der Waals surface area (Å²) in [6.07, 6.45) is 4.41.